The Morgan fingerprint density at radius 3 is 2.41 bits per heavy atom. The molecule has 9 nitrogen and oxygen atoms in total. The van der Waals surface area contributed by atoms with Crippen molar-refractivity contribution in [2.24, 2.45) is 11.3 Å². The number of carbonyl (C=O) groups excluding carboxylic acids is 3. The third-order valence-electron chi connectivity index (χ3n) is 8.71. The smallest absolute Gasteiger partial charge is 0.257 e. The van der Waals surface area contributed by atoms with Crippen LogP contribution in [0, 0.1) is 11.3 Å². The van der Waals surface area contributed by atoms with Crippen molar-refractivity contribution < 1.29 is 23.7 Å². The highest BCUT2D eigenvalue weighted by atomic mass is 32.2. The number of nitrogens with one attached hydrogen (secondary N) is 3. The normalized spacial score (nSPS) is 34.1. The average Bonchev–Trinajstić information content (AvgIpc) is 3.77. The van der Waals surface area contributed by atoms with Crippen LogP contribution in [0.2, 0.25) is 0 Å². The molecule has 0 bridgehead atoms. The van der Waals surface area contributed by atoms with E-state index in [1.54, 1.807) is 4.90 Å². The van der Waals surface area contributed by atoms with E-state index in [0.717, 1.165) is 57.8 Å². The number of rotatable bonds is 5. The molecule has 2 saturated carbocycles. The summed E-state index contributed by atoms with van der Waals surface area (Å²) < 4.78 is 16.0. The molecule has 6 atom stereocenters. The fourth-order valence-corrected chi connectivity index (χ4v) is 8.01. The molecule has 2 heterocycles. The minimum Gasteiger partial charge on any atom is -0.376 e. The van der Waals surface area contributed by atoms with Crippen LogP contribution in [0.25, 0.3) is 0 Å². The summed E-state index contributed by atoms with van der Waals surface area (Å²) in [6.07, 6.45) is 9.04. The average molecular weight is 565 g/mol. The van der Waals surface area contributed by atoms with Crippen LogP contribution in [-0.2, 0) is 24.1 Å². The molecule has 2 saturated heterocycles. The molecule has 2 aliphatic carbocycles. The van der Waals surface area contributed by atoms with Gasteiger partial charge in [-0.3, -0.25) is 24.0 Å². The molecule has 0 spiro atoms. The predicted molar refractivity (Wildman–Crippen MR) is 153 cm³/mol. The molecule has 10 heteroatoms. The van der Waals surface area contributed by atoms with Gasteiger partial charge < -0.3 is 15.7 Å². The van der Waals surface area contributed by atoms with Crippen LogP contribution < -0.4 is 15.4 Å². The minimum absolute atomic E-state index is 0.0107. The molecule has 0 aromatic heterocycles. The number of aliphatic hydroxyl groups is 1. The maximum absolute atomic E-state index is 13.7. The van der Waals surface area contributed by atoms with Crippen molar-refractivity contribution in [2.45, 2.75) is 133 Å². The van der Waals surface area contributed by atoms with E-state index in [-0.39, 0.29) is 28.4 Å². The van der Waals surface area contributed by atoms with Crippen LogP contribution in [0.15, 0.2) is 6.58 Å². The standard InChI is InChI=1S/C29H48N4O5S/c1-5-39(38,21-15-16-21)32-27(37)29-18-20(29)12-9-7-6-8-10-13-22(30-24(34)19-28(2,3)4)26(36)33-17-11-14-23(33)25(35)31-29/h20-23,26,36H,1,6-19H2,2-4H3,(H,30,34)(H,31,35)(H,32,37,38)/t20-,22+,23+,26?,29-,39?/m1/s1. The molecule has 4 fully saturated rings. The second-order valence-corrected chi connectivity index (χ2v) is 15.7. The molecule has 0 aromatic carbocycles. The van der Waals surface area contributed by atoms with Crippen molar-refractivity contribution in [1.29, 1.82) is 0 Å². The molecular weight excluding hydrogens is 516 g/mol. The van der Waals surface area contributed by atoms with Crippen molar-refractivity contribution >= 4 is 32.5 Å². The summed E-state index contributed by atoms with van der Waals surface area (Å²) in [6.45, 7) is 10.1. The van der Waals surface area contributed by atoms with Gasteiger partial charge in [0.25, 0.3) is 5.91 Å². The number of hydrogen-bond donors (Lipinski definition) is 4. The van der Waals surface area contributed by atoms with Gasteiger partial charge in [-0.1, -0.05) is 52.9 Å². The minimum atomic E-state index is -2.84. The van der Waals surface area contributed by atoms with Crippen LogP contribution in [-0.4, -0.2) is 72.6 Å². The van der Waals surface area contributed by atoms with Crippen molar-refractivity contribution in [2.75, 3.05) is 6.54 Å². The predicted octanol–water partition coefficient (Wildman–Crippen LogP) is 2.37. The lowest BCUT2D eigenvalue weighted by molar-refractivity contribution is -0.136. The Morgan fingerprint density at radius 1 is 1.10 bits per heavy atom. The first-order valence-electron chi connectivity index (χ1n) is 14.8. The van der Waals surface area contributed by atoms with E-state index in [1.165, 1.54) is 0 Å². The van der Waals surface area contributed by atoms with Gasteiger partial charge in [-0.25, -0.2) is 4.21 Å². The molecule has 3 amide bonds. The lowest BCUT2D eigenvalue weighted by atomic mass is 9.91. The molecular formula is C29H48N4O5S. The molecule has 0 aromatic rings. The molecule has 4 aliphatic rings. The lowest BCUT2D eigenvalue weighted by Crippen LogP contribution is -2.59. The van der Waals surface area contributed by atoms with Gasteiger partial charge in [0.15, 0.2) is 0 Å². The van der Waals surface area contributed by atoms with E-state index in [2.05, 4.69) is 27.0 Å². The topological polar surface area (TPSA) is 128 Å². The summed E-state index contributed by atoms with van der Waals surface area (Å²) in [5.74, 6) is -0.808. The molecule has 4 rings (SSSR count). The summed E-state index contributed by atoms with van der Waals surface area (Å²) in [4.78, 5) is 41.9. The van der Waals surface area contributed by atoms with Crippen LogP contribution >= 0.6 is 0 Å². The number of hydrogen-bond acceptors (Lipinski definition) is 6. The van der Waals surface area contributed by atoms with Gasteiger partial charge >= 0.3 is 0 Å². The zero-order valence-electron chi connectivity index (χ0n) is 23.9. The Morgan fingerprint density at radius 2 is 1.77 bits per heavy atom. The van der Waals surface area contributed by atoms with Crippen LogP contribution in [0.1, 0.15) is 104 Å². The highest BCUT2D eigenvalue weighted by molar-refractivity contribution is 8.00. The van der Waals surface area contributed by atoms with Crippen molar-refractivity contribution in [3.63, 3.8) is 0 Å². The first-order chi connectivity index (χ1) is 18.4. The fraction of sp³-hybridized carbons (Fsp3) is 0.828. The second-order valence-electron chi connectivity index (χ2n) is 13.3. The molecule has 2 aliphatic heterocycles. The zero-order chi connectivity index (χ0) is 28.4. The quantitative estimate of drug-likeness (QED) is 0.380. The van der Waals surface area contributed by atoms with Gasteiger partial charge in [0.2, 0.25) is 11.8 Å². The molecule has 4 N–H and O–H groups in total. The zero-order valence-corrected chi connectivity index (χ0v) is 24.7. The third kappa shape index (κ3) is 7.26. The molecule has 220 valence electrons. The van der Waals surface area contributed by atoms with Crippen LogP contribution in [0.5, 0.6) is 0 Å². The summed E-state index contributed by atoms with van der Waals surface area (Å²) in [7, 11) is -2.84. The van der Waals surface area contributed by atoms with E-state index < -0.39 is 39.5 Å². The Bertz CT molecular complexity index is 1090. The second kappa shape index (κ2) is 11.9. The van der Waals surface area contributed by atoms with Gasteiger partial charge in [-0.15, -0.1) is 0 Å². The third-order valence-corrected chi connectivity index (χ3v) is 11.0. The Hall–Kier alpha value is -1.87. The van der Waals surface area contributed by atoms with Crippen molar-refractivity contribution in [3.05, 3.63) is 6.58 Å². The SMILES string of the molecule is C=C=S(=O)(NC(=O)[C@@]12C[C@H]1CCCCCCC[C@H](NC(=O)CC(C)(C)C)C(O)N1CCC[C@H]1C(=O)N2)C1CC1. The Kier molecular flexibility index (Phi) is 9.21. The largest absolute Gasteiger partial charge is 0.376 e. The van der Waals surface area contributed by atoms with Gasteiger partial charge in [-0.2, -0.15) is 0 Å². The Labute approximate surface area is 234 Å². The summed E-state index contributed by atoms with van der Waals surface area (Å²) >= 11 is 0. The van der Waals surface area contributed by atoms with E-state index >= 15 is 0 Å². The van der Waals surface area contributed by atoms with E-state index in [1.807, 2.05) is 20.8 Å². The lowest BCUT2D eigenvalue weighted by Gasteiger charge is -2.35. The Balaban J connectivity index is 1.53. The highest BCUT2D eigenvalue weighted by Gasteiger charge is 2.62. The van der Waals surface area contributed by atoms with Gasteiger partial charge in [-0.05, 0) is 67.9 Å². The number of carbonyl (C=O) groups is 3. The number of amides is 3. The maximum atomic E-state index is 13.7. The monoisotopic (exact) mass is 564 g/mol. The number of aliphatic hydroxyl groups excluding tert-OH is 1. The van der Waals surface area contributed by atoms with Gasteiger partial charge in [0.05, 0.1) is 27.0 Å². The van der Waals surface area contributed by atoms with Crippen LogP contribution in [0.4, 0.5) is 0 Å². The van der Waals surface area contributed by atoms with Gasteiger partial charge in [0.1, 0.15) is 11.8 Å². The first kappa shape index (κ1) is 30.1. The molecule has 39 heavy (non-hydrogen) atoms. The highest BCUT2D eigenvalue weighted by Crippen LogP contribution is 2.48. The van der Waals surface area contributed by atoms with E-state index in [0.29, 0.717) is 32.2 Å². The molecule has 2 unspecified atom stereocenters. The van der Waals surface area contributed by atoms with Crippen molar-refractivity contribution in [1.82, 2.24) is 20.3 Å². The van der Waals surface area contributed by atoms with E-state index in [9.17, 15) is 23.7 Å². The summed E-state index contributed by atoms with van der Waals surface area (Å²) in [6, 6.07) is -1.08. The maximum Gasteiger partial charge on any atom is 0.257 e. The molecule has 0 radical (unpaired) electrons. The number of fused-ring (bicyclic) bond motifs is 2. The van der Waals surface area contributed by atoms with E-state index in [4.69, 9.17) is 0 Å². The summed E-state index contributed by atoms with van der Waals surface area (Å²) in [5, 5.41) is 20.0. The summed E-state index contributed by atoms with van der Waals surface area (Å²) in [5.41, 5.74) is -1.27. The number of nitrogens with zero attached hydrogens (tertiary/aromatic N) is 1. The van der Waals surface area contributed by atoms with Crippen molar-refractivity contribution in [3.8, 4) is 0 Å². The fourth-order valence-electron chi connectivity index (χ4n) is 6.27. The van der Waals surface area contributed by atoms with Crippen LogP contribution in [0.3, 0.4) is 0 Å². The first-order valence-corrected chi connectivity index (χ1v) is 16.4. The van der Waals surface area contributed by atoms with Gasteiger partial charge in [0, 0.05) is 13.0 Å².